The van der Waals surface area contributed by atoms with E-state index in [1.165, 1.54) is 23.1 Å². The summed E-state index contributed by atoms with van der Waals surface area (Å²) in [4.78, 5) is 34.3. The Labute approximate surface area is 116 Å². The van der Waals surface area contributed by atoms with Crippen LogP contribution in [0.5, 0.6) is 0 Å². The fourth-order valence-corrected chi connectivity index (χ4v) is 2.38. The standard InChI is InChI=1S/C11H9BrN2O5/c12-9-7(2-1-3-8(9)14(18)19)10(15)13-4-6(5-13)11(16)17/h1-3,6H,4-5H2,(H,16,17). The predicted octanol–water partition coefficient (Wildman–Crippen LogP) is 1.51. The summed E-state index contributed by atoms with van der Waals surface area (Å²) in [7, 11) is 0. The van der Waals surface area contributed by atoms with Gasteiger partial charge in [-0.2, -0.15) is 0 Å². The quantitative estimate of drug-likeness (QED) is 0.669. The Kier molecular flexibility index (Phi) is 3.52. The topological polar surface area (TPSA) is 101 Å². The highest BCUT2D eigenvalue weighted by atomic mass is 79.9. The SMILES string of the molecule is O=C(O)C1CN(C(=O)c2cccc([N+](=O)[O-])c2Br)C1. The van der Waals surface area contributed by atoms with E-state index in [1.54, 1.807) is 0 Å². The number of nitro benzene ring substituents is 1. The van der Waals surface area contributed by atoms with E-state index in [-0.39, 0.29) is 28.8 Å². The van der Waals surface area contributed by atoms with Crippen molar-refractivity contribution in [1.29, 1.82) is 0 Å². The summed E-state index contributed by atoms with van der Waals surface area (Å²) >= 11 is 3.04. The number of carbonyl (C=O) groups excluding carboxylic acids is 1. The van der Waals surface area contributed by atoms with Crippen molar-refractivity contribution in [2.45, 2.75) is 0 Å². The summed E-state index contributed by atoms with van der Waals surface area (Å²) in [5.41, 5.74) is -0.0285. The minimum absolute atomic E-state index is 0.115. The molecule has 7 nitrogen and oxygen atoms in total. The zero-order valence-corrected chi connectivity index (χ0v) is 11.2. The molecule has 1 amide bonds. The third-order valence-electron chi connectivity index (χ3n) is 2.92. The number of carboxylic acid groups (broad SMARTS) is 1. The van der Waals surface area contributed by atoms with E-state index in [1.807, 2.05) is 0 Å². The number of nitro groups is 1. The Morgan fingerprint density at radius 2 is 2.05 bits per heavy atom. The number of carboxylic acids is 1. The number of benzene rings is 1. The molecule has 0 aliphatic carbocycles. The number of nitrogens with zero attached hydrogens (tertiary/aromatic N) is 2. The Hall–Kier alpha value is -1.96. The number of amides is 1. The third-order valence-corrected chi connectivity index (χ3v) is 3.76. The fourth-order valence-electron chi connectivity index (χ4n) is 1.80. The molecule has 1 N–H and O–H groups in total. The molecule has 1 aromatic rings. The summed E-state index contributed by atoms with van der Waals surface area (Å²) < 4.78 is 0.115. The van der Waals surface area contributed by atoms with Crippen molar-refractivity contribution in [3.05, 3.63) is 38.3 Å². The van der Waals surface area contributed by atoms with Gasteiger partial charge in [0.1, 0.15) is 4.47 Å². The van der Waals surface area contributed by atoms with Crippen molar-refractivity contribution >= 4 is 33.5 Å². The van der Waals surface area contributed by atoms with E-state index < -0.39 is 22.7 Å². The molecule has 0 unspecified atom stereocenters. The molecule has 2 rings (SSSR count). The number of aliphatic carboxylic acids is 1. The van der Waals surface area contributed by atoms with Gasteiger partial charge in [0.15, 0.2) is 0 Å². The Morgan fingerprint density at radius 3 is 2.58 bits per heavy atom. The van der Waals surface area contributed by atoms with E-state index in [2.05, 4.69) is 15.9 Å². The maximum Gasteiger partial charge on any atom is 0.310 e. The fraction of sp³-hybridized carbons (Fsp3) is 0.273. The number of rotatable bonds is 3. The second-order valence-corrected chi connectivity index (χ2v) is 4.93. The lowest BCUT2D eigenvalue weighted by molar-refractivity contribution is -0.385. The van der Waals surface area contributed by atoms with Gasteiger partial charge in [-0.25, -0.2) is 0 Å². The van der Waals surface area contributed by atoms with Crippen LogP contribution in [0.4, 0.5) is 5.69 Å². The number of hydrogen-bond acceptors (Lipinski definition) is 4. The number of carbonyl (C=O) groups is 2. The van der Waals surface area contributed by atoms with Crippen LogP contribution in [0.1, 0.15) is 10.4 Å². The molecule has 1 saturated heterocycles. The molecule has 100 valence electrons. The molecule has 1 aromatic carbocycles. The molecule has 0 atom stereocenters. The van der Waals surface area contributed by atoms with Crippen molar-refractivity contribution in [1.82, 2.24) is 4.90 Å². The van der Waals surface area contributed by atoms with Crippen molar-refractivity contribution in [3.63, 3.8) is 0 Å². The van der Waals surface area contributed by atoms with E-state index in [0.29, 0.717) is 0 Å². The number of halogens is 1. The van der Waals surface area contributed by atoms with Crippen molar-refractivity contribution in [3.8, 4) is 0 Å². The normalized spacial score (nSPS) is 14.9. The van der Waals surface area contributed by atoms with Gasteiger partial charge < -0.3 is 10.0 Å². The first kappa shape index (κ1) is 13.5. The first-order valence-electron chi connectivity index (χ1n) is 5.36. The molecule has 0 saturated carbocycles. The molecule has 1 aliphatic rings. The average Bonchev–Trinajstić information content (AvgIpc) is 2.25. The molecule has 0 bridgehead atoms. The van der Waals surface area contributed by atoms with Gasteiger partial charge >= 0.3 is 5.97 Å². The van der Waals surface area contributed by atoms with Crippen LogP contribution in [-0.4, -0.2) is 39.9 Å². The van der Waals surface area contributed by atoms with Crippen molar-refractivity contribution in [2.24, 2.45) is 5.92 Å². The summed E-state index contributed by atoms with van der Waals surface area (Å²) in [6.45, 7) is 0.257. The lowest BCUT2D eigenvalue weighted by atomic mass is 9.99. The lowest BCUT2D eigenvalue weighted by Gasteiger charge is -2.36. The summed E-state index contributed by atoms with van der Waals surface area (Å²) in [6.07, 6.45) is 0. The zero-order valence-electron chi connectivity index (χ0n) is 9.58. The average molecular weight is 329 g/mol. The highest BCUT2D eigenvalue weighted by Gasteiger charge is 2.37. The molecule has 0 aromatic heterocycles. The highest BCUT2D eigenvalue weighted by Crippen LogP contribution is 2.30. The molecule has 0 spiro atoms. The summed E-state index contributed by atoms with van der Waals surface area (Å²) in [5.74, 6) is -1.91. The van der Waals surface area contributed by atoms with Gasteiger partial charge in [-0.3, -0.25) is 19.7 Å². The molecule has 8 heteroatoms. The van der Waals surface area contributed by atoms with Gasteiger partial charge in [0.05, 0.1) is 16.4 Å². The minimum Gasteiger partial charge on any atom is -0.481 e. The van der Waals surface area contributed by atoms with Gasteiger partial charge in [-0.05, 0) is 22.0 Å². The van der Waals surface area contributed by atoms with Crippen molar-refractivity contribution in [2.75, 3.05) is 13.1 Å². The predicted molar refractivity (Wildman–Crippen MR) is 67.8 cm³/mol. The Balaban J connectivity index is 2.20. The molecule has 1 heterocycles. The molecule has 0 radical (unpaired) electrons. The molecule has 1 aliphatic heterocycles. The monoisotopic (exact) mass is 328 g/mol. The molecule has 1 fully saturated rings. The Bertz CT molecular complexity index is 568. The minimum atomic E-state index is -0.942. The van der Waals surface area contributed by atoms with E-state index in [0.717, 1.165) is 0 Å². The Morgan fingerprint density at radius 1 is 1.42 bits per heavy atom. The van der Waals surface area contributed by atoms with Crippen LogP contribution < -0.4 is 0 Å². The van der Waals surface area contributed by atoms with Crippen LogP contribution in [0.2, 0.25) is 0 Å². The molecular weight excluding hydrogens is 320 g/mol. The number of hydrogen-bond donors (Lipinski definition) is 1. The summed E-state index contributed by atoms with van der Waals surface area (Å²) in [5, 5.41) is 19.5. The third kappa shape index (κ3) is 2.43. The van der Waals surface area contributed by atoms with E-state index in [9.17, 15) is 19.7 Å². The maximum atomic E-state index is 12.1. The van der Waals surface area contributed by atoms with Crippen LogP contribution in [0, 0.1) is 16.0 Å². The second-order valence-electron chi connectivity index (χ2n) is 4.14. The van der Waals surface area contributed by atoms with Crippen LogP contribution in [0.15, 0.2) is 22.7 Å². The number of likely N-dealkylation sites (tertiary alicyclic amines) is 1. The van der Waals surface area contributed by atoms with Gasteiger partial charge in [0.2, 0.25) is 0 Å². The molecular formula is C11H9BrN2O5. The second kappa shape index (κ2) is 4.96. The first-order chi connectivity index (χ1) is 8.91. The smallest absolute Gasteiger partial charge is 0.310 e. The van der Waals surface area contributed by atoms with Gasteiger partial charge in [0, 0.05) is 19.2 Å². The zero-order chi connectivity index (χ0) is 14.2. The lowest BCUT2D eigenvalue weighted by Crippen LogP contribution is -2.53. The maximum absolute atomic E-state index is 12.1. The van der Waals surface area contributed by atoms with Gasteiger partial charge in [-0.1, -0.05) is 6.07 Å². The van der Waals surface area contributed by atoms with Crippen LogP contribution in [-0.2, 0) is 4.79 Å². The van der Waals surface area contributed by atoms with Gasteiger partial charge in [-0.15, -0.1) is 0 Å². The first-order valence-corrected chi connectivity index (χ1v) is 6.16. The van der Waals surface area contributed by atoms with Crippen LogP contribution >= 0.6 is 15.9 Å². The van der Waals surface area contributed by atoms with Crippen LogP contribution in [0.25, 0.3) is 0 Å². The largest absolute Gasteiger partial charge is 0.481 e. The summed E-state index contributed by atoms with van der Waals surface area (Å²) in [6, 6.07) is 4.18. The van der Waals surface area contributed by atoms with Gasteiger partial charge in [0.25, 0.3) is 11.6 Å². The highest BCUT2D eigenvalue weighted by molar-refractivity contribution is 9.10. The van der Waals surface area contributed by atoms with E-state index in [4.69, 9.17) is 5.11 Å². The van der Waals surface area contributed by atoms with E-state index >= 15 is 0 Å². The van der Waals surface area contributed by atoms with Crippen molar-refractivity contribution < 1.29 is 19.6 Å². The molecule has 19 heavy (non-hydrogen) atoms. The van der Waals surface area contributed by atoms with Crippen LogP contribution in [0.3, 0.4) is 0 Å².